The summed E-state index contributed by atoms with van der Waals surface area (Å²) in [7, 11) is -3.44. The molecule has 63 heavy (non-hydrogen) atoms. The average molecular weight is 823 g/mol. The molecule has 8 aromatic carbocycles. The number of aromatic nitrogens is 6. The molecule has 0 bridgehead atoms. The Morgan fingerprint density at radius 3 is 1.44 bits per heavy atom. The Balaban J connectivity index is 1.20. The molecule has 0 atom stereocenters. The average Bonchev–Trinajstić information content (AvgIpc) is 3.89. The molecule has 0 fully saturated rings. The van der Waals surface area contributed by atoms with Crippen molar-refractivity contribution in [1.29, 1.82) is 0 Å². The van der Waals surface area contributed by atoms with Gasteiger partial charge < -0.3 is 4.57 Å². The molecule has 0 radical (unpaired) electrons. The Bertz CT molecular complexity index is 3510. The van der Waals surface area contributed by atoms with Crippen LogP contribution in [-0.2, 0) is 0 Å². The molecule has 4 aromatic heterocycles. The molecule has 12 rings (SSSR count). The molecule has 6 nitrogen and oxygen atoms in total. The lowest BCUT2D eigenvalue weighted by atomic mass is 10.1. The van der Waals surface area contributed by atoms with Crippen LogP contribution in [0.25, 0.3) is 77.9 Å². The Morgan fingerprint density at radius 1 is 0.333 bits per heavy atom. The summed E-state index contributed by atoms with van der Waals surface area (Å²) in [6.45, 7) is 0. The highest BCUT2D eigenvalue weighted by Gasteiger charge is 2.47. The molecular formula is C56H38N6Si. The maximum atomic E-state index is 5.89. The molecule has 0 N–H and O–H groups in total. The highest BCUT2D eigenvalue weighted by atomic mass is 28.3. The number of pyridine rings is 1. The Kier molecular flexibility index (Phi) is 8.72. The summed E-state index contributed by atoms with van der Waals surface area (Å²) >= 11 is 0. The monoisotopic (exact) mass is 822 g/mol. The first-order valence-electron chi connectivity index (χ1n) is 21.2. The van der Waals surface area contributed by atoms with Gasteiger partial charge >= 0.3 is 0 Å². The first-order valence-corrected chi connectivity index (χ1v) is 23.2. The molecular weight excluding hydrogens is 785 g/mol. The van der Waals surface area contributed by atoms with Crippen molar-refractivity contribution in [1.82, 2.24) is 29.1 Å². The summed E-state index contributed by atoms with van der Waals surface area (Å²) in [6.07, 6.45) is 0. The van der Waals surface area contributed by atoms with Gasteiger partial charge in [-0.05, 0) is 52.8 Å². The minimum Gasteiger partial charge on any atom is -0.309 e. The molecule has 0 saturated carbocycles. The smallest absolute Gasteiger partial charge is 0.247 e. The molecule has 0 saturated heterocycles. The fourth-order valence-electron chi connectivity index (χ4n) is 9.55. The second-order valence-electron chi connectivity index (χ2n) is 15.8. The van der Waals surface area contributed by atoms with E-state index in [4.69, 9.17) is 19.9 Å². The van der Waals surface area contributed by atoms with E-state index in [1.54, 1.807) is 0 Å². The van der Waals surface area contributed by atoms with E-state index >= 15 is 0 Å². The summed E-state index contributed by atoms with van der Waals surface area (Å²) in [5, 5.41) is 7.89. The third-order valence-corrected chi connectivity index (χ3v) is 16.6. The number of rotatable bonds is 8. The van der Waals surface area contributed by atoms with Crippen LogP contribution in [-0.4, -0.2) is 37.1 Å². The standard InChI is InChI=1S/C56H38N6Si/c1-6-21-39(22-7-1)54-58-55(40-23-8-2-9-24-40)60-56(59-54)63(42-27-12-4-13-28-42,43-29-14-5-15-30-43)51-36-20-35-50(57-51)62-47-33-18-16-31-44(47)45-37-38-49-52(53(45)62)46-32-17-19-34-48(46)61(49)41-25-10-3-11-26-41/h1-38H. The van der Waals surface area contributed by atoms with Crippen molar-refractivity contribution in [3.05, 3.63) is 231 Å². The zero-order valence-corrected chi connectivity index (χ0v) is 35.1. The minimum atomic E-state index is -3.44. The number of benzene rings is 8. The topological polar surface area (TPSA) is 61.4 Å². The Labute approximate surface area is 365 Å². The second-order valence-corrected chi connectivity index (χ2v) is 19.4. The fourth-order valence-corrected chi connectivity index (χ4v) is 13.8. The van der Waals surface area contributed by atoms with Crippen molar-refractivity contribution in [2.75, 3.05) is 0 Å². The predicted molar refractivity (Wildman–Crippen MR) is 261 cm³/mol. The summed E-state index contributed by atoms with van der Waals surface area (Å²) < 4.78 is 4.76. The number of hydrogen-bond acceptors (Lipinski definition) is 4. The molecule has 0 unspecified atom stereocenters. The minimum absolute atomic E-state index is 0.624. The lowest BCUT2D eigenvalue weighted by molar-refractivity contribution is 1.09. The fraction of sp³-hybridized carbons (Fsp3) is 0. The van der Waals surface area contributed by atoms with Gasteiger partial charge in [0.05, 0.1) is 22.1 Å². The lowest BCUT2D eigenvalue weighted by Gasteiger charge is -2.31. The van der Waals surface area contributed by atoms with Crippen LogP contribution in [0.5, 0.6) is 0 Å². The van der Waals surface area contributed by atoms with Crippen molar-refractivity contribution in [3.63, 3.8) is 0 Å². The Hall–Kier alpha value is -8.26. The zero-order valence-electron chi connectivity index (χ0n) is 34.1. The maximum absolute atomic E-state index is 5.89. The van der Waals surface area contributed by atoms with Crippen LogP contribution < -0.4 is 21.1 Å². The van der Waals surface area contributed by atoms with E-state index < -0.39 is 8.07 Å². The molecule has 12 aromatic rings. The van der Waals surface area contributed by atoms with Gasteiger partial charge in [0.15, 0.2) is 11.6 Å². The van der Waals surface area contributed by atoms with E-state index in [1.165, 1.54) is 21.5 Å². The lowest BCUT2D eigenvalue weighted by Crippen LogP contribution is -2.77. The predicted octanol–water partition coefficient (Wildman–Crippen LogP) is 10.2. The molecule has 0 aliphatic heterocycles. The van der Waals surface area contributed by atoms with Gasteiger partial charge in [0.25, 0.3) is 0 Å². The Morgan fingerprint density at radius 2 is 0.841 bits per heavy atom. The van der Waals surface area contributed by atoms with Crippen LogP contribution >= 0.6 is 0 Å². The highest BCUT2D eigenvalue weighted by molar-refractivity contribution is 7.18. The molecule has 0 amide bonds. The summed E-state index contributed by atoms with van der Waals surface area (Å²) in [4.78, 5) is 22.1. The molecule has 0 aliphatic carbocycles. The molecule has 0 aliphatic rings. The van der Waals surface area contributed by atoms with E-state index in [1.807, 2.05) is 36.4 Å². The normalized spacial score (nSPS) is 11.8. The number of hydrogen-bond donors (Lipinski definition) is 0. The van der Waals surface area contributed by atoms with Crippen molar-refractivity contribution < 1.29 is 0 Å². The van der Waals surface area contributed by atoms with Crippen molar-refractivity contribution >= 4 is 72.8 Å². The van der Waals surface area contributed by atoms with Crippen LogP contribution in [0.15, 0.2) is 231 Å². The van der Waals surface area contributed by atoms with Crippen LogP contribution in [0.3, 0.4) is 0 Å². The van der Waals surface area contributed by atoms with Gasteiger partial charge in [-0.25, -0.2) is 19.9 Å². The first kappa shape index (κ1) is 36.6. The molecule has 296 valence electrons. The number of para-hydroxylation sites is 3. The van der Waals surface area contributed by atoms with E-state index in [-0.39, 0.29) is 0 Å². The van der Waals surface area contributed by atoms with Crippen molar-refractivity contribution in [2.45, 2.75) is 0 Å². The quantitative estimate of drug-likeness (QED) is 0.143. The van der Waals surface area contributed by atoms with E-state index in [2.05, 4.69) is 203 Å². The highest BCUT2D eigenvalue weighted by Crippen LogP contribution is 2.41. The van der Waals surface area contributed by atoms with Crippen LogP contribution in [0.2, 0.25) is 0 Å². The summed E-state index contributed by atoms with van der Waals surface area (Å²) in [6, 6.07) is 81.1. The van der Waals surface area contributed by atoms with Crippen molar-refractivity contribution in [2.24, 2.45) is 0 Å². The summed E-state index contributed by atoms with van der Waals surface area (Å²) in [5.74, 6) is 2.07. The van der Waals surface area contributed by atoms with Gasteiger partial charge in [0.1, 0.15) is 11.3 Å². The zero-order chi connectivity index (χ0) is 41.7. The SMILES string of the molecule is c1ccc(-c2nc(-c3ccccc3)nc([Si](c3ccccc3)(c3ccccc3)c3cccc(-n4c5ccccc5c5ccc6c(c7ccccc7n6-c6ccccc6)c54)n3)n2)cc1. The number of nitrogens with zero attached hydrogens (tertiary/aromatic N) is 6. The van der Waals surface area contributed by atoms with Crippen molar-refractivity contribution in [3.8, 4) is 34.3 Å². The molecule has 0 spiro atoms. The van der Waals surface area contributed by atoms with Crippen LogP contribution in [0.4, 0.5) is 0 Å². The second kappa shape index (κ2) is 15.0. The van der Waals surface area contributed by atoms with Gasteiger partial charge in [-0.2, -0.15) is 0 Å². The van der Waals surface area contributed by atoms with Crippen LogP contribution in [0, 0.1) is 0 Å². The van der Waals surface area contributed by atoms with Gasteiger partial charge in [0, 0.05) is 43.7 Å². The third kappa shape index (κ3) is 5.86. The van der Waals surface area contributed by atoms with E-state index in [9.17, 15) is 0 Å². The first-order chi connectivity index (χ1) is 31.3. The number of fused-ring (bicyclic) bond motifs is 7. The van der Waals surface area contributed by atoms with Gasteiger partial charge in [-0.1, -0.05) is 188 Å². The van der Waals surface area contributed by atoms with E-state index in [0.717, 1.165) is 60.4 Å². The van der Waals surface area contributed by atoms with Crippen LogP contribution in [0.1, 0.15) is 0 Å². The largest absolute Gasteiger partial charge is 0.309 e. The maximum Gasteiger partial charge on any atom is 0.247 e. The molecule has 4 heterocycles. The van der Waals surface area contributed by atoms with Gasteiger partial charge in [-0.15, -0.1) is 0 Å². The third-order valence-electron chi connectivity index (χ3n) is 12.3. The van der Waals surface area contributed by atoms with Gasteiger partial charge in [0.2, 0.25) is 8.07 Å². The molecule has 7 heteroatoms. The summed E-state index contributed by atoms with van der Waals surface area (Å²) in [5.41, 5.74) is 8.19. The van der Waals surface area contributed by atoms with Gasteiger partial charge in [-0.3, -0.25) is 4.57 Å². The van der Waals surface area contributed by atoms with E-state index in [0.29, 0.717) is 17.1 Å².